The van der Waals surface area contributed by atoms with Crippen LogP contribution in [-0.4, -0.2) is 53.0 Å². The number of pyridine rings is 1. The summed E-state index contributed by atoms with van der Waals surface area (Å²) in [6.07, 6.45) is 3.79. The summed E-state index contributed by atoms with van der Waals surface area (Å²) in [6.45, 7) is 3.26. The van der Waals surface area contributed by atoms with Gasteiger partial charge in [0.2, 0.25) is 5.91 Å². The molecule has 1 unspecified atom stereocenters. The van der Waals surface area contributed by atoms with Gasteiger partial charge in [-0.05, 0) is 49.1 Å². The normalized spacial score (nSPS) is 17.7. The topological polar surface area (TPSA) is 76.0 Å². The first-order valence-electron chi connectivity index (χ1n) is 12.5. The molecule has 1 fully saturated rings. The van der Waals surface area contributed by atoms with Crippen LogP contribution >= 0.6 is 35.1 Å². The van der Waals surface area contributed by atoms with Crippen molar-refractivity contribution < 1.29 is 14.3 Å². The molecule has 1 amide bonds. The van der Waals surface area contributed by atoms with Crippen molar-refractivity contribution in [2.75, 3.05) is 31.3 Å². The van der Waals surface area contributed by atoms with Gasteiger partial charge >= 0.3 is 0 Å². The third kappa shape index (κ3) is 6.57. The van der Waals surface area contributed by atoms with Gasteiger partial charge in [-0.1, -0.05) is 53.3 Å². The number of aliphatic imine (C=N–C) groups is 1. The Kier molecular flexibility index (Phi) is 8.66. The van der Waals surface area contributed by atoms with Crippen molar-refractivity contribution in [1.82, 2.24) is 9.88 Å². The number of thioether (sulfide) groups is 1. The van der Waals surface area contributed by atoms with E-state index in [-0.39, 0.29) is 11.9 Å². The Morgan fingerprint density at radius 1 is 1.11 bits per heavy atom. The Bertz CT molecular complexity index is 1330. The lowest BCUT2D eigenvalue weighted by molar-refractivity contribution is -0.130. The largest absolute Gasteiger partial charge is 0.497 e. The van der Waals surface area contributed by atoms with E-state index in [1.165, 1.54) is 0 Å². The smallest absolute Gasteiger partial charge is 0.219 e. The van der Waals surface area contributed by atoms with Crippen LogP contribution < -0.4 is 14.8 Å². The van der Waals surface area contributed by atoms with Gasteiger partial charge in [0, 0.05) is 47.8 Å². The number of likely N-dealkylation sites (tertiary alicyclic amines) is 1. The van der Waals surface area contributed by atoms with Crippen LogP contribution in [0.25, 0.3) is 0 Å². The van der Waals surface area contributed by atoms with E-state index >= 15 is 0 Å². The van der Waals surface area contributed by atoms with Crippen LogP contribution in [0.5, 0.6) is 17.2 Å². The number of carbonyl (C=O) groups is 1. The van der Waals surface area contributed by atoms with Crippen LogP contribution in [0.3, 0.4) is 0 Å². The Morgan fingerprint density at radius 2 is 1.92 bits per heavy atom. The maximum Gasteiger partial charge on any atom is 0.219 e. The highest BCUT2D eigenvalue weighted by Crippen LogP contribution is 2.39. The second kappa shape index (κ2) is 12.3. The molecule has 0 aliphatic carbocycles. The zero-order chi connectivity index (χ0) is 26.5. The van der Waals surface area contributed by atoms with Crippen molar-refractivity contribution in [2.45, 2.75) is 35.6 Å². The quantitative estimate of drug-likeness (QED) is 0.335. The number of carbonyl (C=O) groups excluding carboxylic acids is 1. The zero-order valence-electron chi connectivity index (χ0n) is 21.2. The van der Waals surface area contributed by atoms with E-state index in [9.17, 15) is 4.79 Å². The van der Waals surface area contributed by atoms with Gasteiger partial charge in [-0.3, -0.25) is 9.79 Å². The molecule has 198 valence electrons. The highest BCUT2D eigenvalue weighted by Gasteiger charge is 2.31. The second-order valence-electron chi connectivity index (χ2n) is 9.11. The summed E-state index contributed by atoms with van der Waals surface area (Å²) in [6, 6.07) is 17.5. The number of amides is 1. The van der Waals surface area contributed by atoms with Crippen LogP contribution in [0, 0.1) is 5.92 Å². The predicted molar refractivity (Wildman–Crippen MR) is 155 cm³/mol. The molecule has 1 N–H and O–H groups in total. The molecule has 1 atom stereocenters. The number of nitrogens with zero attached hydrogens (tertiary/aromatic N) is 3. The van der Waals surface area contributed by atoms with Crippen LogP contribution in [0.15, 0.2) is 75.6 Å². The summed E-state index contributed by atoms with van der Waals surface area (Å²) in [7, 11) is 1.66. The fourth-order valence-electron chi connectivity index (χ4n) is 4.50. The molecular formula is C28H29ClN4O3S2. The second-order valence-corrected chi connectivity index (χ2v) is 11.7. The van der Waals surface area contributed by atoms with E-state index < -0.39 is 0 Å². The molecule has 1 saturated heterocycles. The van der Waals surface area contributed by atoms with Gasteiger partial charge in [0.25, 0.3) is 0 Å². The lowest BCUT2D eigenvalue weighted by Crippen LogP contribution is -2.39. The molecule has 2 aliphatic heterocycles. The molecule has 0 spiro atoms. The number of nitrogens with one attached hydrogen (secondary N) is 1. The Balaban J connectivity index is 1.35. The van der Waals surface area contributed by atoms with E-state index in [4.69, 9.17) is 31.1 Å². The average Bonchev–Trinajstić information content (AvgIpc) is 3.40. The highest BCUT2D eigenvalue weighted by atomic mass is 35.5. The number of anilines is 1. The third-order valence-electron chi connectivity index (χ3n) is 6.59. The molecular weight excluding hydrogens is 540 g/mol. The van der Waals surface area contributed by atoms with E-state index in [1.807, 2.05) is 59.6 Å². The number of methoxy groups -OCH3 is 1. The lowest BCUT2D eigenvalue weighted by atomic mass is 9.90. The monoisotopic (exact) mass is 568 g/mol. The van der Waals surface area contributed by atoms with Gasteiger partial charge in [0.05, 0.1) is 18.2 Å². The van der Waals surface area contributed by atoms with E-state index in [1.54, 1.807) is 43.6 Å². The number of para-hydroxylation sites is 1. The summed E-state index contributed by atoms with van der Waals surface area (Å²) in [5.41, 5.74) is 0. The van der Waals surface area contributed by atoms with Gasteiger partial charge < -0.3 is 19.7 Å². The summed E-state index contributed by atoms with van der Waals surface area (Å²) >= 11 is 9.66. The summed E-state index contributed by atoms with van der Waals surface area (Å²) in [5, 5.41) is 4.74. The van der Waals surface area contributed by atoms with Crippen molar-refractivity contribution in [3.8, 4) is 17.2 Å². The number of benzene rings is 2. The van der Waals surface area contributed by atoms with Crippen LogP contribution in [-0.2, 0) is 4.79 Å². The predicted octanol–water partition coefficient (Wildman–Crippen LogP) is 6.83. The Hall–Kier alpha value is -2.88. The minimum absolute atomic E-state index is 0.153. The number of aromatic nitrogens is 1. The fraction of sp³-hybridized carbons (Fsp3) is 0.321. The van der Waals surface area contributed by atoms with Crippen molar-refractivity contribution in [2.24, 2.45) is 10.9 Å². The third-order valence-corrected chi connectivity index (χ3v) is 8.84. The van der Waals surface area contributed by atoms with E-state index in [0.717, 1.165) is 52.4 Å². The molecule has 7 nitrogen and oxygen atoms in total. The average molecular weight is 569 g/mol. The molecule has 0 bridgehead atoms. The first-order valence-corrected chi connectivity index (χ1v) is 14.6. The molecule has 0 radical (unpaired) electrons. The summed E-state index contributed by atoms with van der Waals surface area (Å²) < 4.78 is 11.6. The molecule has 2 aliphatic rings. The van der Waals surface area contributed by atoms with Crippen molar-refractivity contribution >= 4 is 52.0 Å². The Morgan fingerprint density at radius 3 is 2.68 bits per heavy atom. The molecule has 5 rings (SSSR count). The van der Waals surface area contributed by atoms with Gasteiger partial charge in [-0.25, -0.2) is 4.98 Å². The molecule has 3 heterocycles. The molecule has 3 aromatic rings. The van der Waals surface area contributed by atoms with Gasteiger partial charge in [-0.2, -0.15) is 0 Å². The van der Waals surface area contributed by atoms with Gasteiger partial charge in [0.15, 0.2) is 16.7 Å². The van der Waals surface area contributed by atoms with Gasteiger partial charge in [-0.15, -0.1) is 0 Å². The van der Waals surface area contributed by atoms with Crippen molar-refractivity contribution in [1.29, 1.82) is 0 Å². The molecule has 2 aromatic carbocycles. The number of ether oxygens (including phenoxy) is 2. The number of hydrogen-bond acceptors (Lipinski definition) is 8. The van der Waals surface area contributed by atoms with Crippen molar-refractivity contribution in [3.63, 3.8) is 0 Å². The van der Waals surface area contributed by atoms with E-state index in [2.05, 4.69) is 5.32 Å². The lowest BCUT2D eigenvalue weighted by Gasteiger charge is -2.33. The maximum atomic E-state index is 11.7. The maximum absolute atomic E-state index is 11.7. The zero-order valence-corrected chi connectivity index (χ0v) is 23.6. The summed E-state index contributed by atoms with van der Waals surface area (Å²) in [4.78, 5) is 25.2. The highest BCUT2D eigenvalue weighted by molar-refractivity contribution is 8.14. The first kappa shape index (κ1) is 26.7. The number of piperidine rings is 1. The number of hydrogen-bond donors (Lipinski definition) is 1. The standard InChI is InChI=1S/C28H29ClN4O3S2/c1-18(34)33-12-10-19(11-13-33)24-17-37-28(31-24)32-27-26(36-25-9-4-3-8-23(25)29)15-22(16-30-27)38-21-7-5-6-20(14-21)35-2/h3-9,14-16,19,24H,10-13,17H2,1-2H3,(H,30,31,32). The summed E-state index contributed by atoms with van der Waals surface area (Å²) in [5.74, 6) is 4.04. The minimum atomic E-state index is 0.153. The number of rotatable bonds is 7. The van der Waals surface area contributed by atoms with Crippen LogP contribution in [0.1, 0.15) is 19.8 Å². The van der Waals surface area contributed by atoms with Crippen molar-refractivity contribution in [3.05, 3.63) is 65.8 Å². The molecule has 10 heteroatoms. The number of halogens is 1. The van der Waals surface area contributed by atoms with Gasteiger partial charge in [0.1, 0.15) is 11.5 Å². The molecule has 0 saturated carbocycles. The molecule has 38 heavy (non-hydrogen) atoms. The molecule has 1 aromatic heterocycles. The fourth-order valence-corrected chi connectivity index (χ4v) is 6.59. The minimum Gasteiger partial charge on any atom is -0.497 e. The number of amidine groups is 1. The van der Waals surface area contributed by atoms with Crippen LogP contribution in [0.4, 0.5) is 5.82 Å². The van der Waals surface area contributed by atoms with E-state index in [0.29, 0.717) is 28.3 Å². The van der Waals surface area contributed by atoms with Crippen LogP contribution in [0.2, 0.25) is 5.02 Å². The first-order chi connectivity index (χ1) is 18.5. The SMILES string of the molecule is COc1cccc(Sc2cnc(NC3=NC(C4CCN(C(C)=O)CC4)CS3)c(Oc3ccccc3Cl)c2)c1. The Labute approximate surface area is 236 Å².